The topological polar surface area (TPSA) is 30.5 Å². The summed E-state index contributed by atoms with van der Waals surface area (Å²) in [4.78, 5) is 0. The molecule has 0 amide bonds. The molecule has 0 bridgehead atoms. The second kappa shape index (κ2) is 5.72. The van der Waals surface area contributed by atoms with Crippen LogP contribution in [0.3, 0.4) is 0 Å². The molecule has 18 heavy (non-hydrogen) atoms. The van der Waals surface area contributed by atoms with Gasteiger partial charge in [0.2, 0.25) is 0 Å². The van der Waals surface area contributed by atoms with Crippen LogP contribution in [0, 0.1) is 0 Å². The van der Waals surface area contributed by atoms with Gasteiger partial charge in [-0.3, -0.25) is 0 Å². The van der Waals surface area contributed by atoms with E-state index in [2.05, 4.69) is 38.2 Å². The molecule has 1 saturated heterocycles. The SMILES string of the molecule is CC(C)(C)NCc1cccc(OC2CCOC2)c1. The molecule has 0 radical (unpaired) electrons. The van der Waals surface area contributed by atoms with Crippen molar-refractivity contribution in [3.63, 3.8) is 0 Å². The number of ether oxygens (including phenoxy) is 2. The monoisotopic (exact) mass is 249 g/mol. The molecular weight excluding hydrogens is 226 g/mol. The van der Waals surface area contributed by atoms with Gasteiger partial charge < -0.3 is 14.8 Å². The van der Waals surface area contributed by atoms with Crippen LogP contribution in [0.1, 0.15) is 32.8 Å². The number of hydrogen-bond donors (Lipinski definition) is 1. The smallest absolute Gasteiger partial charge is 0.124 e. The van der Waals surface area contributed by atoms with E-state index in [1.807, 2.05) is 12.1 Å². The summed E-state index contributed by atoms with van der Waals surface area (Å²) >= 11 is 0. The largest absolute Gasteiger partial charge is 0.488 e. The summed E-state index contributed by atoms with van der Waals surface area (Å²) in [6.07, 6.45) is 1.21. The Morgan fingerprint density at radius 1 is 1.39 bits per heavy atom. The van der Waals surface area contributed by atoms with Crippen LogP contribution in [0.4, 0.5) is 0 Å². The Morgan fingerprint density at radius 2 is 2.22 bits per heavy atom. The molecule has 1 heterocycles. The number of benzene rings is 1. The van der Waals surface area contributed by atoms with E-state index in [0.717, 1.165) is 25.3 Å². The summed E-state index contributed by atoms with van der Waals surface area (Å²) in [6, 6.07) is 8.29. The molecule has 1 unspecified atom stereocenters. The van der Waals surface area contributed by atoms with E-state index >= 15 is 0 Å². The maximum atomic E-state index is 5.90. The Labute approximate surface area is 109 Å². The van der Waals surface area contributed by atoms with Gasteiger partial charge in [-0.25, -0.2) is 0 Å². The molecule has 1 aromatic rings. The minimum Gasteiger partial charge on any atom is -0.488 e. The Bertz CT molecular complexity index is 378. The van der Waals surface area contributed by atoms with Crippen LogP contribution in [-0.2, 0) is 11.3 Å². The standard InChI is InChI=1S/C15H23NO2/c1-15(2,3)16-10-12-5-4-6-13(9-12)18-14-7-8-17-11-14/h4-6,9,14,16H,7-8,10-11H2,1-3H3. The molecule has 100 valence electrons. The summed E-state index contributed by atoms with van der Waals surface area (Å²) in [7, 11) is 0. The van der Waals surface area contributed by atoms with Crippen molar-refractivity contribution in [1.29, 1.82) is 0 Å². The van der Waals surface area contributed by atoms with Crippen molar-refractivity contribution >= 4 is 0 Å². The third kappa shape index (κ3) is 4.31. The average molecular weight is 249 g/mol. The molecular formula is C15H23NO2. The van der Waals surface area contributed by atoms with Gasteiger partial charge in [0, 0.05) is 18.5 Å². The van der Waals surface area contributed by atoms with Crippen LogP contribution in [0.2, 0.25) is 0 Å². The number of nitrogens with one attached hydrogen (secondary N) is 1. The van der Waals surface area contributed by atoms with Gasteiger partial charge in [0.25, 0.3) is 0 Å². The second-order valence-corrected chi connectivity index (χ2v) is 5.85. The highest BCUT2D eigenvalue weighted by Gasteiger charge is 2.17. The predicted octanol–water partition coefficient (Wildman–Crippen LogP) is 2.74. The zero-order valence-corrected chi connectivity index (χ0v) is 11.5. The fourth-order valence-corrected chi connectivity index (χ4v) is 1.89. The van der Waals surface area contributed by atoms with Crippen molar-refractivity contribution < 1.29 is 9.47 Å². The number of rotatable bonds is 4. The van der Waals surface area contributed by atoms with Crippen molar-refractivity contribution in [2.24, 2.45) is 0 Å². The summed E-state index contributed by atoms with van der Waals surface area (Å²) in [6.45, 7) is 8.90. The second-order valence-electron chi connectivity index (χ2n) is 5.85. The first-order valence-electron chi connectivity index (χ1n) is 6.61. The zero-order chi connectivity index (χ0) is 13.0. The highest BCUT2D eigenvalue weighted by Crippen LogP contribution is 2.18. The molecule has 3 heteroatoms. The molecule has 0 saturated carbocycles. The fourth-order valence-electron chi connectivity index (χ4n) is 1.89. The zero-order valence-electron chi connectivity index (χ0n) is 11.5. The van der Waals surface area contributed by atoms with Crippen molar-refractivity contribution in [2.45, 2.75) is 45.4 Å². The van der Waals surface area contributed by atoms with Crippen LogP contribution in [0.25, 0.3) is 0 Å². The quantitative estimate of drug-likeness (QED) is 0.890. The van der Waals surface area contributed by atoms with Crippen LogP contribution in [-0.4, -0.2) is 24.9 Å². The Kier molecular flexibility index (Phi) is 4.25. The van der Waals surface area contributed by atoms with Gasteiger partial charge in [-0.15, -0.1) is 0 Å². The Hall–Kier alpha value is -1.06. The van der Waals surface area contributed by atoms with Gasteiger partial charge in [0.05, 0.1) is 13.2 Å². The van der Waals surface area contributed by atoms with Gasteiger partial charge in [0.1, 0.15) is 11.9 Å². The molecule has 1 N–H and O–H groups in total. The van der Waals surface area contributed by atoms with E-state index in [9.17, 15) is 0 Å². The molecule has 0 aliphatic carbocycles. The lowest BCUT2D eigenvalue weighted by molar-refractivity contribution is 0.141. The molecule has 1 aliphatic heterocycles. The number of hydrogen-bond acceptors (Lipinski definition) is 3. The Morgan fingerprint density at radius 3 is 2.89 bits per heavy atom. The molecule has 2 rings (SSSR count). The molecule has 1 atom stereocenters. The Balaban J connectivity index is 1.92. The highest BCUT2D eigenvalue weighted by molar-refractivity contribution is 5.28. The van der Waals surface area contributed by atoms with E-state index < -0.39 is 0 Å². The first kappa shape index (κ1) is 13.4. The van der Waals surface area contributed by atoms with Crippen LogP contribution >= 0.6 is 0 Å². The van der Waals surface area contributed by atoms with E-state index in [-0.39, 0.29) is 11.6 Å². The molecule has 3 nitrogen and oxygen atoms in total. The highest BCUT2D eigenvalue weighted by atomic mass is 16.5. The third-order valence-corrected chi connectivity index (χ3v) is 2.91. The lowest BCUT2D eigenvalue weighted by Crippen LogP contribution is -2.35. The van der Waals surface area contributed by atoms with E-state index in [1.165, 1.54) is 5.56 Å². The van der Waals surface area contributed by atoms with E-state index in [4.69, 9.17) is 9.47 Å². The first-order valence-corrected chi connectivity index (χ1v) is 6.61. The van der Waals surface area contributed by atoms with Gasteiger partial charge in [-0.2, -0.15) is 0 Å². The minimum atomic E-state index is 0.135. The molecule has 1 fully saturated rings. The lowest BCUT2D eigenvalue weighted by Gasteiger charge is -2.21. The molecule has 1 aromatic carbocycles. The van der Waals surface area contributed by atoms with Crippen LogP contribution in [0.5, 0.6) is 5.75 Å². The van der Waals surface area contributed by atoms with Crippen molar-refractivity contribution in [3.8, 4) is 5.75 Å². The van der Waals surface area contributed by atoms with Crippen molar-refractivity contribution in [3.05, 3.63) is 29.8 Å². The molecule has 1 aliphatic rings. The van der Waals surface area contributed by atoms with E-state index in [1.54, 1.807) is 0 Å². The summed E-state index contributed by atoms with van der Waals surface area (Å²) < 4.78 is 11.2. The third-order valence-electron chi connectivity index (χ3n) is 2.91. The summed E-state index contributed by atoms with van der Waals surface area (Å²) in [5, 5.41) is 3.48. The summed E-state index contributed by atoms with van der Waals surface area (Å²) in [5.41, 5.74) is 1.39. The predicted molar refractivity (Wildman–Crippen MR) is 72.9 cm³/mol. The fraction of sp³-hybridized carbons (Fsp3) is 0.600. The first-order chi connectivity index (χ1) is 8.53. The maximum absolute atomic E-state index is 5.90. The van der Waals surface area contributed by atoms with Crippen LogP contribution < -0.4 is 10.1 Å². The molecule has 0 spiro atoms. The average Bonchev–Trinajstić information content (AvgIpc) is 2.79. The maximum Gasteiger partial charge on any atom is 0.124 e. The van der Waals surface area contributed by atoms with E-state index in [0.29, 0.717) is 6.61 Å². The van der Waals surface area contributed by atoms with Crippen molar-refractivity contribution in [2.75, 3.05) is 13.2 Å². The lowest BCUT2D eigenvalue weighted by atomic mass is 10.1. The van der Waals surface area contributed by atoms with Gasteiger partial charge in [-0.05, 0) is 38.5 Å². The van der Waals surface area contributed by atoms with Gasteiger partial charge in [-0.1, -0.05) is 12.1 Å². The van der Waals surface area contributed by atoms with Gasteiger partial charge >= 0.3 is 0 Å². The van der Waals surface area contributed by atoms with Crippen molar-refractivity contribution in [1.82, 2.24) is 5.32 Å². The minimum absolute atomic E-state index is 0.135. The normalized spacial score (nSPS) is 20.1. The summed E-state index contributed by atoms with van der Waals surface area (Å²) in [5.74, 6) is 0.943. The van der Waals surface area contributed by atoms with Crippen LogP contribution in [0.15, 0.2) is 24.3 Å². The van der Waals surface area contributed by atoms with Gasteiger partial charge in [0.15, 0.2) is 0 Å². The molecule has 0 aromatic heterocycles.